The molecule has 1 rings (SSSR count). The van der Waals surface area contributed by atoms with Gasteiger partial charge in [0.15, 0.2) is 0 Å². The van der Waals surface area contributed by atoms with Crippen molar-refractivity contribution in [3.05, 3.63) is 0 Å². The van der Waals surface area contributed by atoms with Crippen molar-refractivity contribution >= 4 is 0 Å². The summed E-state index contributed by atoms with van der Waals surface area (Å²) < 4.78 is 38.9. The van der Waals surface area contributed by atoms with Crippen LogP contribution in [0.2, 0.25) is 0 Å². The van der Waals surface area contributed by atoms with Crippen molar-refractivity contribution in [2.45, 2.75) is 52.8 Å². The summed E-state index contributed by atoms with van der Waals surface area (Å²) in [5.74, 6) is -1.27. The van der Waals surface area contributed by atoms with E-state index in [1.54, 1.807) is 0 Å². The summed E-state index contributed by atoms with van der Waals surface area (Å²) in [6, 6.07) is 0. The van der Waals surface area contributed by atoms with Gasteiger partial charge in [0.1, 0.15) is 0 Å². The molecule has 0 aromatic rings. The SMILES string of the molecule is CC(C)(C)CC(C)(C)N1CCNCC(C(F)(F)F)C1. The van der Waals surface area contributed by atoms with Crippen molar-refractivity contribution in [2.75, 3.05) is 26.2 Å². The molecule has 2 nitrogen and oxygen atoms in total. The average molecular weight is 280 g/mol. The summed E-state index contributed by atoms with van der Waals surface area (Å²) in [6.45, 7) is 11.9. The van der Waals surface area contributed by atoms with Gasteiger partial charge in [0.05, 0.1) is 5.92 Å². The lowest BCUT2D eigenvalue weighted by molar-refractivity contribution is -0.178. The van der Waals surface area contributed by atoms with Gasteiger partial charge in [-0.05, 0) is 25.7 Å². The molecule has 0 spiro atoms. The molecule has 0 aromatic carbocycles. The molecule has 1 aliphatic heterocycles. The molecule has 0 saturated carbocycles. The summed E-state index contributed by atoms with van der Waals surface area (Å²) in [5.41, 5.74) is -0.106. The molecule has 1 atom stereocenters. The highest BCUT2D eigenvalue weighted by molar-refractivity contribution is 4.90. The molecule has 1 aliphatic rings. The number of hydrogen-bond donors (Lipinski definition) is 1. The Labute approximate surface area is 114 Å². The van der Waals surface area contributed by atoms with Gasteiger partial charge in [-0.3, -0.25) is 4.90 Å². The van der Waals surface area contributed by atoms with E-state index < -0.39 is 12.1 Å². The van der Waals surface area contributed by atoms with Crippen LogP contribution in [0.15, 0.2) is 0 Å². The molecular formula is C14H27F3N2. The van der Waals surface area contributed by atoms with Crippen molar-refractivity contribution in [3.63, 3.8) is 0 Å². The van der Waals surface area contributed by atoms with E-state index in [1.165, 1.54) is 0 Å². The molecule has 1 fully saturated rings. The lowest BCUT2D eigenvalue weighted by Crippen LogP contribution is -2.50. The number of hydrogen-bond acceptors (Lipinski definition) is 2. The first-order valence-electron chi connectivity index (χ1n) is 6.94. The van der Waals surface area contributed by atoms with Crippen LogP contribution in [0.25, 0.3) is 0 Å². The van der Waals surface area contributed by atoms with Gasteiger partial charge in [-0.15, -0.1) is 0 Å². The predicted molar refractivity (Wildman–Crippen MR) is 72.1 cm³/mol. The lowest BCUT2D eigenvalue weighted by Gasteiger charge is -2.43. The van der Waals surface area contributed by atoms with Crippen LogP contribution >= 0.6 is 0 Å². The highest BCUT2D eigenvalue weighted by atomic mass is 19.4. The fourth-order valence-electron chi connectivity index (χ4n) is 3.09. The van der Waals surface area contributed by atoms with E-state index in [2.05, 4.69) is 39.9 Å². The third kappa shape index (κ3) is 5.30. The zero-order chi connectivity index (χ0) is 14.9. The largest absolute Gasteiger partial charge is 0.394 e. The zero-order valence-electron chi connectivity index (χ0n) is 12.7. The predicted octanol–water partition coefficient (Wildman–Crippen LogP) is 3.28. The van der Waals surface area contributed by atoms with Crippen LogP contribution in [0.4, 0.5) is 13.2 Å². The van der Waals surface area contributed by atoms with Gasteiger partial charge in [-0.2, -0.15) is 13.2 Å². The van der Waals surface area contributed by atoms with E-state index in [1.807, 2.05) is 4.90 Å². The summed E-state index contributed by atoms with van der Waals surface area (Å²) in [7, 11) is 0. The van der Waals surface area contributed by atoms with Crippen LogP contribution < -0.4 is 5.32 Å². The smallest absolute Gasteiger partial charge is 0.315 e. The monoisotopic (exact) mass is 280 g/mol. The highest BCUT2D eigenvalue weighted by Gasteiger charge is 2.43. The van der Waals surface area contributed by atoms with Crippen LogP contribution in [0.3, 0.4) is 0 Å². The first-order chi connectivity index (χ1) is 8.42. The maximum absolute atomic E-state index is 13.0. The minimum absolute atomic E-state index is 0.0333. The molecular weight excluding hydrogens is 253 g/mol. The number of alkyl halides is 3. The molecule has 1 saturated heterocycles. The minimum atomic E-state index is -4.12. The van der Waals surface area contributed by atoms with Gasteiger partial charge in [0.25, 0.3) is 0 Å². The van der Waals surface area contributed by atoms with E-state index >= 15 is 0 Å². The second-order valence-electron chi connectivity index (χ2n) is 7.44. The Morgan fingerprint density at radius 1 is 1.11 bits per heavy atom. The molecule has 0 bridgehead atoms. The molecule has 1 unspecified atom stereocenters. The molecule has 0 amide bonds. The third-order valence-electron chi connectivity index (χ3n) is 3.67. The Hall–Kier alpha value is -0.290. The topological polar surface area (TPSA) is 15.3 Å². The number of halogens is 3. The lowest BCUT2D eigenvalue weighted by atomic mass is 9.80. The Morgan fingerprint density at radius 3 is 2.16 bits per heavy atom. The molecule has 0 aromatic heterocycles. The van der Waals surface area contributed by atoms with E-state index in [0.717, 1.165) is 6.42 Å². The molecule has 19 heavy (non-hydrogen) atoms. The standard InChI is InChI=1S/C14H27F3N2/c1-12(2,3)10-13(4,5)19-7-6-18-8-11(9-19)14(15,16)17/h11,18H,6-10H2,1-5H3. The second kappa shape index (κ2) is 5.60. The minimum Gasteiger partial charge on any atom is -0.315 e. The average Bonchev–Trinajstić information content (AvgIpc) is 2.37. The summed E-state index contributed by atoms with van der Waals surface area (Å²) in [5, 5.41) is 2.91. The Kier molecular flexibility index (Phi) is 4.94. The van der Waals surface area contributed by atoms with E-state index in [-0.39, 0.29) is 24.0 Å². The maximum atomic E-state index is 13.0. The van der Waals surface area contributed by atoms with Crippen molar-refractivity contribution in [3.8, 4) is 0 Å². The van der Waals surface area contributed by atoms with Crippen molar-refractivity contribution < 1.29 is 13.2 Å². The van der Waals surface area contributed by atoms with Crippen molar-refractivity contribution in [1.82, 2.24) is 10.2 Å². The van der Waals surface area contributed by atoms with Crippen LogP contribution in [-0.4, -0.2) is 42.8 Å². The van der Waals surface area contributed by atoms with Crippen LogP contribution in [0.1, 0.15) is 41.0 Å². The van der Waals surface area contributed by atoms with Crippen LogP contribution in [0, 0.1) is 11.3 Å². The Morgan fingerprint density at radius 2 is 1.68 bits per heavy atom. The van der Waals surface area contributed by atoms with Gasteiger partial charge >= 0.3 is 6.18 Å². The van der Waals surface area contributed by atoms with E-state index in [9.17, 15) is 13.2 Å². The van der Waals surface area contributed by atoms with E-state index in [0.29, 0.717) is 13.1 Å². The summed E-state index contributed by atoms with van der Waals surface area (Å²) in [6.07, 6.45) is -3.24. The molecule has 1 heterocycles. The van der Waals surface area contributed by atoms with Gasteiger partial charge < -0.3 is 5.32 Å². The molecule has 0 aliphatic carbocycles. The number of rotatable bonds is 2. The summed E-state index contributed by atoms with van der Waals surface area (Å²) in [4.78, 5) is 2.00. The molecule has 114 valence electrons. The van der Waals surface area contributed by atoms with Gasteiger partial charge in [-0.25, -0.2) is 0 Å². The molecule has 5 heteroatoms. The van der Waals surface area contributed by atoms with Crippen molar-refractivity contribution in [2.24, 2.45) is 11.3 Å². The quantitative estimate of drug-likeness (QED) is 0.835. The fourth-order valence-corrected chi connectivity index (χ4v) is 3.09. The number of nitrogens with one attached hydrogen (secondary N) is 1. The normalized spacial score (nSPS) is 24.3. The van der Waals surface area contributed by atoms with Gasteiger partial charge in [0.2, 0.25) is 0 Å². The third-order valence-corrected chi connectivity index (χ3v) is 3.67. The highest BCUT2D eigenvalue weighted by Crippen LogP contribution is 2.34. The summed E-state index contributed by atoms with van der Waals surface area (Å²) >= 11 is 0. The maximum Gasteiger partial charge on any atom is 0.394 e. The Balaban J connectivity index is 2.80. The second-order valence-corrected chi connectivity index (χ2v) is 7.44. The molecule has 1 N–H and O–H groups in total. The first kappa shape index (κ1) is 16.8. The molecule has 0 radical (unpaired) electrons. The zero-order valence-corrected chi connectivity index (χ0v) is 12.7. The van der Waals surface area contributed by atoms with E-state index in [4.69, 9.17) is 0 Å². The Bertz CT molecular complexity index is 292. The van der Waals surface area contributed by atoms with Gasteiger partial charge in [0, 0.05) is 31.7 Å². The number of nitrogens with zero attached hydrogens (tertiary/aromatic N) is 1. The van der Waals surface area contributed by atoms with Crippen molar-refractivity contribution in [1.29, 1.82) is 0 Å². The first-order valence-corrected chi connectivity index (χ1v) is 6.94. The van der Waals surface area contributed by atoms with Gasteiger partial charge in [-0.1, -0.05) is 20.8 Å². The van der Waals surface area contributed by atoms with Crippen LogP contribution in [-0.2, 0) is 0 Å². The fraction of sp³-hybridized carbons (Fsp3) is 1.00. The van der Waals surface area contributed by atoms with Crippen LogP contribution in [0.5, 0.6) is 0 Å².